The Hall–Kier alpha value is -6.74. The van der Waals surface area contributed by atoms with Crippen molar-refractivity contribution >= 4 is 11.6 Å². The number of benzene rings is 6. The molecule has 6 aromatic carbocycles. The van der Waals surface area contributed by atoms with Crippen molar-refractivity contribution in [1.29, 1.82) is 0 Å². The summed E-state index contributed by atoms with van der Waals surface area (Å²) in [5, 5.41) is 84.2. The second-order valence-electron chi connectivity index (χ2n) is 13.0. The zero-order valence-electron chi connectivity index (χ0n) is 26.8. The third-order valence-electron chi connectivity index (χ3n) is 9.72. The van der Waals surface area contributed by atoms with Crippen LogP contribution in [0, 0.1) is 0 Å². The van der Waals surface area contributed by atoms with Crippen molar-refractivity contribution in [3.63, 3.8) is 0 Å². The molecule has 1 aliphatic heterocycles. The first-order valence-electron chi connectivity index (χ1n) is 16.2. The van der Waals surface area contributed by atoms with E-state index in [1.54, 1.807) is 78.9 Å². The van der Waals surface area contributed by atoms with Gasteiger partial charge in [0, 0.05) is 41.2 Å². The van der Waals surface area contributed by atoms with Gasteiger partial charge < -0.3 is 45.6 Å². The molecule has 0 radical (unpaired) electrons. The minimum absolute atomic E-state index is 0.0646. The lowest BCUT2D eigenvalue weighted by Gasteiger charge is -2.24. The van der Waals surface area contributed by atoms with Crippen LogP contribution in [0.1, 0.15) is 68.4 Å². The lowest BCUT2D eigenvalue weighted by molar-refractivity contribution is 0.222. The summed E-state index contributed by atoms with van der Waals surface area (Å²) in [7, 11) is 0. The molecule has 8 rings (SSSR count). The van der Waals surface area contributed by atoms with Crippen LogP contribution in [0.2, 0.25) is 0 Å². The normalized spacial score (nSPS) is 19.8. The van der Waals surface area contributed by atoms with Crippen LogP contribution in [-0.4, -0.2) is 40.9 Å². The van der Waals surface area contributed by atoms with Crippen LogP contribution in [0.5, 0.6) is 51.7 Å². The van der Waals surface area contributed by atoms with Crippen LogP contribution < -0.4 is 4.74 Å². The minimum Gasteiger partial charge on any atom is -0.508 e. The van der Waals surface area contributed by atoms with E-state index >= 15 is 0 Å². The van der Waals surface area contributed by atoms with Crippen LogP contribution in [0.25, 0.3) is 11.6 Å². The Morgan fingerprint density at radius 3 is 1.55 bits per heavy atom. The summed E-state index contributed by atoms with van der Waals surface area (Å²) < 4.78 is 6.49. The van der Waals surface area contributed by atoms with Gasteiger partial charge in [0.2, 0.25) is 0 Å². The zero-order chi connectivity index (χ0) is 35.6. The SMILES string of the molecule is Oc1ccc([C@H]2c3c(O)cc(O)cc3C(=Cc3ccc4c(c3)[C@H](c3cc(O)cc(O)c3)[C@@H](c3ccc(O)cc3)O4)[C@@H]2c2cc(O)cc(O)c2)cc1. The molecule has 0 amide bonds. The molecule has 0 fully saturated rings. The third kappa shape index (κ3) is 5.64. The number of ether oxygens (including phenoxy) is 1. The lowest BCUT2D eigenvalue weighted by atomic mass is 9.79. The highest BCUT2D eigenvalue weighted by Crippen LogP contribution is 2.59. The molecule has 9 nitrogen and oxygen atoms in total. The van der Waals surface area contributed by atoms with E-state index < -0.39 is 23.9 Å². The van der Waals surface area contributed by atoms with E-state index in [-0.39, 0.29) is 46.0 Å². The highest BCUT2D eigenvalue weighted by molar-refractivity contribution is 5.93. The number of hydrogen-bond donors (Lipinski definition) is 8. The summed E-state index contributed by atoms with van der Waals surface area (Å²) >= 11 is 0. The summed E-state index contributed by atoms with van der Waals surface area (Å²) in [5.74, 6) is -1.66. The van der Waals surface area contributed by atoms with Crippen molar-refractivity contribution in [1.82, 2.24) is 0 Å². The van der Waals surface area contributed by atoms with E-state index in [0.29, 0.717) is 33.6 Å². The summed E-state index contributed by atoms with van der Waals surface area (Å²) in [6.45, 7) is 0. The smallest absolute Gasteiger partial charge is 0.135 e. The molecular weight excluding hydrogens is 648 g/mol. The molecule has 0 saturated heterocycles. The molecule has 51 heavy (non-hydrogen) atoms. The number of allylic oxidation sites excluding steroid dienone is 1. The second kappa shape index (κ2) is 12.0. The standard InChI is InChI=1S/C42H32O9/c43-26-6-2-22(3-7-26)40-38(24-13-28(45)17-29(46)14-24)33(34-19-32(49)20-36(50)41(34)40)11-21-1-10-37-35(12-21)39(25-15-30(47)18-31(48)16-25)42(51-37)23-4-8-27(44)9-5-23/h1-20,38-40,42-50H/t38-,39-,40+,42+/m0/s1. The van der Waals surface area contributed by atoms with E-state index in [2.05, 4.69) is 0 Å². The van der Waals surface area contributed by atoms with Crippen molar-refractivity contribution in [2.45, 2.75) is 23.9 Å². The molecule has 4 atom stereocenters. The van der Waals surface area contributed by atoms with Crippen LogP contribution in [0.15, 0.2) is 115 Å². The van der Waals surface area contributed by atoms with Crippen molar-refractivity contribution in [2.75, 3.05) is 0 Å². The number of phenols is 8. The van der Waals surface area contributed by atoms with Gasteiger partial charge in [0.05, 0.1) is 5.92 Å². The Morgan fingerprint density at radius 1 is 0.431 bits per heavy atom. The Bertz CT molecular complexity index is 2310. The van der Waals surface area contributed by atoms with Gasteiger partial charge in [0.15, 0.2) is 0 Å². The zero-order valence-corrected chi connectivity index (χ0v) is 26.8. The Labute approximate surface area is 292 Å². The fourth-order valence-electron chi connectivity index (χ4n) is 7.71. The van der Waals surface area contributed by atoms with E-state index in [0.717, 1.165) is 22.3 Å². The number of rotatable bonds is 5. The second-order valence-corrected chi connectivity index (χ2v) is 13.0. The van der Waals surface area contributed by atoms with Gasteiger partial charge in [-0.15, -0.1) is 0 Å². The molecule has 0 saturated carbocycles. The van der Waals surface area contributed by atoms with Gasteiger partial charge in [-0.05, 0) is 106 Å². The van der Waals surface area contributed by atoms with E-state index in [4.69, 9.17) is 4.74 Å². The molecule has 8 N–H and O–H groups in total. The third-order valence-corrected chi connectivity index (χ3v) is 9.72. The fourth-order valence-corrected chi connectivity index (χ4v) is 7.71. The van der Waals surface area contributed by atoms with Gasteiger partial charge in [-0.2, -0.15) is 0 Å². The van der Waals surface area contributed by atoms with Crippen LogP contribution in [0.4, 0.5) is 0 Å². The van der Waals surface area contributed by atoms with Crippen molar-refractivity contribution < 1.29 is 45.6 Å². The first-order chi connectivity index (χ1) is 24.5. The summed E-state index contributed by atoms with van der Waals surface area (Å²) in [6.07, 6.45) is 1.36. The van der Waals surface area contributed by atoms with Crippen molar-refractivity contribution in [3.8, 4) is 51.7 Å². The fraction of sp³-hybridized carbons (Fsp3) is 0.0952. The average molecular weight is 681 g/mol. The van der Waals surface area contributed by atoms with Crippen LogP contribution in [0.3, 0.4) is 0 Å². The molecule has 6 aromatic rings. The molecule has 1 heterocycles. The average Bonchev–Trinajstić information content (AvgIpc) is 3.60. The topological polar surface area (TPSA) is 171 Å². The van der Waals surface area contributed by atoms with Gasteiger partial charge >= 0.3 is 0 Å². The Kier molecular flexibility index (Phi) is 7.41. The molecule has 1 aliphatic carbocycles. The first-order valence-corrected chi connectivity index (χ1v) is 16.2. The van der Waals surface area contributed by atoms with Crippen LogP contribution >= 0.6 is 0 Å². The van der Waals surface area contributed by atoms with E-state index in [1.165, 1.54) is 18.2 Å². The van der Waals surface area contributed by atoms with Gasteiger partial charge in [-0.1, -0.05) is 36.4 Å². The highest BCUT2D eigenvalue weighted by atomic mass is 16.5. The molecule has 0 aromatic heterocycles. The summed E-state index contributed by atoms with van der Waals surface area (Å²) in [6, 6.07) is 30.5. The first kappa shape index (κ1) is 31.5. The van der Waals surface area contributed by atoms with Gasteiger partial charge in [0.25, 0.3) is 0 Å². The van der Waals surface area contributed by atoms with Gasteiger partial charge in [0.1, 0.15) is 57.8 Å². The Balaban J connectivity index is 1.33. The number of phenolic OH excluding ortho intramolecular Hbond substituents is 8. The van der Waals surface area contributed by atoms with Crippen LogP contribution in [-0.2, 0) is 0 Å². The highest BCUT2D eigenvalue weighted by Gasteiger charge is 2.42. The molecule has 9 heteroatoms. The molecule has 254 valence electrons. The number of fused-ring (bicyclic) bond motifs is 2. The van der Waals surface area contributed by atoms with E-state index in [9.17, 15) is 40.9 Å². The van der Waals surface area contributed by atoms with Crippen molar-refractivity contribution in [3.05, 3.63) is 160 Å². The minimum atomic E-state index is -0.580. The molecule has 0 unspecified atom stereocenters. The maximum Gasteiger partial charge on any atom is 0.135 e. The Morgan fingerprint density at radius 2 is 0.961 bits per heavy atom. The number of hydrogen-bond acceptors (Lipinski definition) is 9. The maximum atomic E-state index is 11.3. The van der Waals surface area contributed by atoms with Crippen molar-refractivity contribution in [2.24, 2.45) is 0 Å². The quantitative estimate of drug-likeness (QED) is 0.0897. The maximum absolute atomic E-state index is 11.3. The van der Waals surface area contributed by atoms with Gasteiger partial charge in [-0.3, -0.25) is 0 Å². The number of aromatic hydroxyl groups is 8. The lowest BCUT2D eigenvalue weighted by Crippen LogP contribution is -2.11. The molecule has 0 spiro atoms. The summed E-state index contributed by atoms with van der Waals surface area (Å²) in [5.41, 5.74) is 5.94. The van der Waals surface area contributed by atoms with Gasteiger partial charge in [-0.25, -0.2) is 0 Å². The molecule has 2 aliphatic rings. The predicted octanol–water partition coefficient (Wildman–Crippen LogP) is 8.07. The predicted molar refractivity (Wildman–Crippen MR) is 190 cm³/mol. The van der Waals surface area contributed by atoms with E-state index in [1.807, 2.05) is 24.3 Å². The monoisotopic (exact) mass is 680 g/mol. The largest absolute Gasteiger partial charge is 0.508 e. The molecule has 0 bridgehead atoms. The molecular formula is C42H32O9. The summed E-state index contributed by atoms with van der Waals surface area (Å²) in [4.78, 5) is 0.